The van der Waals surface area contributed by atoms with E-state index in [2.05, 4.69) is 5.10 Å². The molecule has 0 aromatic carbocycles. The fourth-order valence-corrected chi connectivity index (χ4v) is 5.45. The van der Waals surface area contributed by atoms with E-state index < -0.39 is 10.0 Å². The molecule has 1 aliphatic heterocycles. The molecule has 1 fully saturated rings. The van der Waals surface area contributed by atoms with Crippen LogP contribution in [-0.2, 0) is 28.3 Å². The second-order valence-electron chi connectivity index (χ2n) is 7.84. The van der Waals surface area contributed by atoms with Gasteiger partial charge in [-0.1, -0.05) is 0 Å². The quantitative estimate of drug-likeness (QED) is 0.683. The number of furan rings is 1. The maximum atomic E-state index is 13.1. The van der Waals surface area contributed by atoms with Gasteiger partial charge in [0.05, 0.1) is 24.1 Å². The predicted octanol–water partition coefficient (Wildman–Crippen LogP) is 2.20. The van der Waals surface area contributed by atoms with Crippen LogP contribution >= 0.6 is 0 Å². The Labute approximate surface area is 172 Å². The molecule has 0 bridgehead atoms. The lowest BCUT2D eigenvalue weighted by Gasteiger charge is -2.35. The number of hydrogen-bond acceptors (Lipinski definition) is 5. The molecule has 3 heterocycles. The summed E-state index contributed by atoms with van der Waals surface area (Å²) in [4.78, 5) is 15.0. The number of hydrogen-bond donors (Lipinski definition) is 0. The van der Waals surface area contributed by atoms with E-state index in [1.165, 1.54) is 10.5 Å². The summed E-state index contributed by atoms with van der Waals surface area (Å²) in [7, 11) is -0.140. The minimum atomic E-state index is -3.66. The molecule has 2 aromatic heterocycles. The number of nitrogens with zero attached hydrogens (tertiary/aromatic N) is 4. The fraction of sp³-hybridized carbons (Fsp3) is 0.600. The summed E-state index contributed by atoms with van der Waals surface area (Å²) in [6, 6.07) is 3.83. The van der Waals surface area contributed by atoms with E-state index in [1.807, 2.05) is 19.1 Å². The Morgan fingerprint density at radius 3 is 2.83 bits per heavy atom. The monoisotopic (exact) mass is 422 g/mol. The third-order valence-corrected chi connectivity index (χ3v) is 7.91. The zero-order chi connectivity index (χ0) is 21.2. The normalized spacial score (nSPS) is 19.2. The number of sulfonamides is 1. The Morgan fingerprint density at radius 2 is 2.21 bits per heavy atom. The molecule has 1 amide bonds. The molecule has 0 aliphatic carbocycles. The fourth-order valence-electron chi connectivity index (χ4n) is 3.74. The van der Waals surface area contributed by atoms with E-state index in [9.17, 15) is 13.2 Å². The lowest BCUT2D eigenvalue weighted by Crippen LogP contribution is -2.47. The molecule has 2 aromatic rings. The summed E-state index contributed by atoms with van der Waals surface area (Å²) >= 11 is 0. The molecule has 2 atom stereocenters. The van der Waals surface area contributed by atoms with Gasteiger partial charge in [0, 0.05) is 39.6 Å². The van der Waals surface area contributed by atoms with Gasteiger partial charge in [-0.15, -0.1) is 0 Å². The largest absolute Gasteiger partial charge is 0.469 e. The average molecular weight is 423 g/mol. The lowest BCUT2D eigenvalue weighted by molar-refractivity contribution is -0.137. The molecule has 3 rings (SSSR count). The van der Waals surface area contributed by atoms with Crippen molar-refractivity contribution in [2.45, 2.75) is 50.5 Å². The van der Waals surface area contributed by atoms with Crippen molar-refractivity contribution in [3.8, 4) is 0 Å². The van der Waals surface area contributed by atoms with Gasteiger partial charge in [0.15, 0.2) is 0 Å². The molecule has 160 valence electrons. The van der Waals surface area contributed by atoms with Gasteiger partial charge in [-0.05, 0) is 45.2 Å². The van der Waals surface area contributed by atoms with Crippen molar-refractivity contribution >= 4 is 15.9 Å². The Morgan fingerprint density at radius 1 is 1.45 bits per heavy atom. The van der Waals surface area contributed by atoms with Crippen LogP contribution in [0.25, 0.3) is 0 Å². The lowest BCUT2D eigenvalue weighted by atomic mass is 9.97. The summed E-state index contributed by atoms with van der Waals surface area (Å²) in [6.07, 6.45) is 5.96. The first-order valence-corrected chi connectivity index (χ1v) is 11.4. The number of piperidine rings is 1. The number of aromatic nitrogens is 2. The van der Waals surface area contributed by atoms with E-state index in [-0.39, 0.29) is 29.3 Å². The molecular weight excluding hydrogens is 392 g/mol. The van der Waals surface area contributed by atoms with E-state index >= 15 is 0 Å². The first kappa shape index (κ1) is 21.6. The van der Waals surface area contributed by atoms with Crippen molar-refractivity contribution in [2.24, 2.45) is 13.0 Å². The Bertz CT molecular complexity index is 936. The van der Waals surface area contributed by atoms with Crippen LogP contribution in [0.2, 0.25) is 0 Å². The average Bonchev–Trinajstić information content (AvgIpc) is 3.35. The summed E-state index contributed by atoms with van der Waals surface area (Å²) in [5, 5.41) is 4.05. The third kappa shape index (κ3) is 4.56. The van der Waals surface area contributed by atoms with Gasteiger partial charge in [0.1, 0.15) is 10.7 Å². The highest BCUT2D eigenvalue weighted by Crippen LogP contribution is 2.27. The zero-order valence-electron chi connectivity index (χ0n) is 17.5. The maximum absolute atomic E-state index is 13.1. The zero-order valence-corrected chi connectivity index (χ0v) is 18.4. The number of carbonyl (C=O) groups is 1. The molecule has 1 aliphatic rings. The number of carbonyl (C=O) groups excluding carboxylic acids is 1. The van der Waals surface area contributed by atoms with Crippen molar-refractivity contribution in [3.05, 3.63) is 36.0 Å². The molecule has 9 heteroatoms. The smallest absolute Gasteiger partial charge is 0.246 e. The predicted molar refractivity (Wildman–Crippen MR) is 109 cm³/mol. The van der Waals surface area contributed by atoms with Crippen molar-refractivity contribution < 1.29 is 17.6 Å². The molecule has 0 unspecified atom stereocenters. The summed E-state index contributed by atoms with van der Waals surface area (Å²) in [6.45, 7) is 4.39. The summed E-state index contributed by atoms with van der Waals surface area (Å²) in [5.74, 6) is 0.575. The molecule has 29 heavy (non-hydrogen) atoms. The van der Waals surface area contributed by atoms with Gasteiger partial charge in [-0.3, -0.25) is 9.48 Å². The van der Waals surface area contributed by atoms with E-state index in [4.69, 9.17) is 4.42 Å². The molecule has 1 saturated heterocycles. The summed E-state index contributed by atoms with van der Waals surface area (Å²) < 4.78 is 34.5. The van der Waals surface area contributed by atoms with Crippen LogP contribution in [0, 0.1) is 12.8 Å². The van der Waals surface area contributed by atoms with E-state index in [1.54, 1.807) is 36.9 Å². The van der Waals surface area contributed by atoms with Crippen LogP contribution < -0.4 is 0 Å². The van der Waals surface area contributed by atoms with Gasteiger partial charge in [-0.25, -0.2) is 8.42 Å². The van der Waals surface area contributed by atoms with Crippen LogP contribution in [0.1, 0.15) is 37.6 Å². The Balaban J connectivity index is 1.64. The molecular formula is C20H30N4O4S. The highest BCUT2D eigenvalue weighted by Gasteiger charge is 2.36. The van der Waals surface area contributed by atoms with E-state index in [0.29, 0.717) is 25.1 Å². The second-order valence-corrected chi connectivity index (χ2v) is 9.74. The van der Waals surface area contributed by atoms with Crippen LogP contribution in [0.4, 0.5) is 0 Å². The molecule has 8 nitrogen and oxygen atoms in total. The summed E-state index contributed by atoms with van der Waals surface area (Å²) in [5.41, 5.74) is 0.599. The van der Waals surface area contributed by atoms with Crippen LogP contribution in [0.15, 0.2) is 33.9 Å². The van der Waals surface area contributed by atoms with Crippen LogP contribution in [0.5, 0.6) is 0 Å². The topological polar surface area (TPSA) is 88.7 Å². The standard InChI is InChI=1S/C20H30N4O4S/c1-15(9-10-18-8-6-12-28-18)22(3)20(25)17-7-5-11-24(14-17)29(26,27)19-13-21-23(4)16(19)2/h6,8,12-13,15,17H,5,7,9-11,14H2,1-4H3/t15-,17-/m1/s1. The number of aryl methyl sites for hydroxylation is 2. The van der Waals surface area contributed by atoms with Gasteiger partial charge >= 0.3 is 0 Å². The third-order valence-electron chi connectivity index (χ3n) is 5.94. The van der Waals surface area contributed by atoms with Gasteiger partial charge in [-0.2, -0.15) is 9.40 Å². The minimum Gasteiger partial charge on any atom is -0.469 e. The van der Waals surface area contributed by atoms with Gasteiger partial charge < -0.3 is 9.32 Å². The molecule has 0 saturated carbocycles. The number of amides is 1. The maximum Gasteiger partial charge on any atom is 0.246 e. The van der Waals surface area contributed by atoms with Crippen molar-refractivity contribution in [3.63, 3.8) is 0 Å². The molecule has 0 radical (unpaired) electrons. The van der Waals surface area contributed by atoms with Gasteiger partial charge in [0.2, 0.25) is 15.9 Å². The van der Waals surface area contributed by atoms with Crippen LogP contribution in [-0.4, -0.2) is 59.5 Å². The number of rotatable bonds is 7. The highest BCUT2D eigenvalue weighted by atomic mass is 32.2. The second kappa shape index (κ2) is 8.71. The van der Waals surface area contributed by atoms with Crippen molar-refractivity contribution in [1.29, 1.82) is 0 Å². The van der Waals surface area contributed by atoms with Crippen molar-refractivity contribution in [1.82, 2.24) is 19.0 Å². The first-order valence-electron chi connectivity index (χ1n) is 9.99. The molecule has 0 spiro atoms. The van der Waals surface area contributed by atoms with E-state index in [0.717, 1.165) is 18.6 Å². The highest BCUT2D eigenvalue weighted by molar-refractivity contribution is 7.89. The van der Waals surface area contributed by atoms with Crippen LogP contribution in [0.3, 0.4) is 0 Å². The minimum absolute atomic E-state index is 0.000228. The first-order chi connectivity index (χ1) is 13.7. The Hall–Kier alpha value is -2.13. The molecule has 0 N–H and O–H groups in total. The van der Waals surface area contributed by atoms with Crippen molar-refractivity contribution in [2.75, 3.05) is 20.1 Å². The van der Waals surface area contributed by atoms with Gasteiger partial charge in [0.25, 0.3) is 0 Å². The SMILES string of the molecule is Cc1c(S(=O)(=O)N2CCC[C@@H](C(=O)N(C)[C@H](C)CCc3ccco3)C2)cnn1C. The Kier molecular flexibility index (Phi) is 6.48.